The van der Waals surface area contributed by atoms with Crippen molar-refractivity contribution in [2.45, 2.75) is 45.9 Å². The van der Waals surface area contributed by atoms with E-state index in [1.54, 1.807) is 18.2 Å². The molecule has 29 heavy (non-hydrogen) atoms. The summed E-state index contributed by atoms with van der Waals surface area (Å²) in [6, 6.07) is 9.01. The number of hydrogen-bond donors (Lipinski definition) is 2. The predicted octanol–water partition coefficient (Wildman–Crippen LogP) is 3.25. The van der Waals surface area contributed by atoms with Crippen LogP contribution in [-0.4, -0.2) is 31.5 Å². The van der Waals surface area contributed by atoms with Gasteiger partial charge in [-0.1, -0.05) is 0 Å². The lowest BCUT2D eigenvalue weighted by Gasteiger charge is -2.17. The summed E-state index contributed by atoms with van der Waals surface area (Å²) in [7, 11) is 0. The first-order valence-electron chi connectivity index (χ1n) is 9.92. The third kappa shape index (κ3) is 4.24. The van der Waals surface area contributed by atoms with E-state index >= 15 is 0 Å². The van der Waals surface area contributed by atoms with E-state index in [0.29, 0.717) is 30.3 Å². The number of anilines is 1. The Morgan fingerprint density at radius 3 is 2.86 bits per heavy atom. The SMILES string of the molecule is CCOc1cc2c(cc1CN[C@H](C)C(=O)Nc1ccc3c(c1)OCO3)O[C@@H](C)C2. The highest BCUT2D eigenvalue weighted by Gasteiger charge is 2.23. The standard InChI is InChI=1S/C22H26N2O5/c1-4-26-19-8-15-7-13(2)29-20(15)9-16(19)11-23-14(3)22(25)24-17-5-6-18-21(10-17)28-12-27-18/h5-6,8-10,13-14,23H,4,7,11-12H2,1-3H3,(H,24,25)/t13-,14+/m0/s1. The van der Waals surface area contributed by atoms with E-state index in [2.05, 4.69) is 23.6 Å². The van der Waals surface area contributed by atoms with E-state index in [1.165, 1.54) is 5.56 Å². The second-order valence-electron chi connectivity index (χ2n) is 7.29. The lowest BCUT2D eigenvalue weighted by atomic mass is 10.1. The van der Waals surface area contributed by atoms with E-state index < -0.39 is 6.04 Å². The van der Waals surface area contributed by atoms with Crippen LogP contribution in [-0.2, 0) is 17.8 Å². The second-order valence-corrected chi connectivity index (χ2v) is 7.29. The number of benzene rings is 2. The molecule has 0 radical (unpaired) electrons. The topological polar surface area (TPSA) is 78.1 Å². The second kappa shape index (κ2) is 8.21. The molecule has 2 heterocycles. The average Bonchev–Trinajstić information content (AvgIpc) is 3.30. The molecule has 0 unspecified atom stereocenters. The monoisotopic (exact) mass is 398 g/mol. The van der Waals surface area contributed by atoms with Crippen molar-refractivity contribution >= 4 is 11.6 Å². The van der Waals surface area contributed by atoms with Crippen LogP contribution in [0.15, 0.2) is 30.3 Å². The van der Waals surface area contributed by atoms with Crippen LogP contribution in [0.4, 0.5) is 5.69 Å². The maximum absolute atomic E-state index is 12.6. The molecule has 0 aliphatic carbocycles. The highest BCUT2D eigenvalue weighted by molar-refractivity contribution is 5.94. The van der Waals surface area contributed by atoms with Gasteiger partial charge in [0.15, 0.2) is 11.5 Å². The first-order valence-corrected chi connectivity index (χ1v) is 9.92. The van der Waals surface area contributed by atoms with Crippen LogP contribution in [0.5, 0.6) is 23.0 Å². The van der Waals surface area contributed by atoms with Gasteiger partial charge in [-0.05, 0) is 45.0 Å². The Bertz CT molecular complexity index is 914. The minimum atomic E-state index is -0.400. The zero-order valence-corrected chi connectivity index (χ0v) is 16.9. The first-order chi connectivity index (χ1) is 14.0. The van der Waals surface area contributed by atoms with Gasteiger partial charge in [0, 0.05) is 35.8 Å². The van der Waals surface area contributed by atoms with Crippen LogP contribution in [0, 0.1) is 0 Å². The largest absolute Gasteiger partial charge is 0.494 e. The Balaban J connectivity index is 1.39. The molecule has 7 nitrogen and oxygen atoms in total. The summed E-state index contributed by atoms with van der Waals surface area (Å²) < 4.78 is 22.3. The van der Waals surface area contributed by atoms with Gasteiger partial charge in [-0.3, -0.25) is 4.79 Å². The molecule has 2 aliphatic rings. The normalized spacial score (nSPS) is 17.4. The molecule has 2 N–H and O–H groups in total. The minimum Gasteiger partial charge on any atom is -0.494 e. The number of nitrogens with one attached hydrogen (secondary N) is 2. The summed E-state index contributed by atoms with van der Waals surface area (Å²) in [6.45, 7) is 7.13. The summed E-state index contributed by atoms with van der Waals surface area (Å²) in [5.41, 5.74) is 2.81. The molecule has 4 rings (SSSR count). The third-order valence-corrected chi connectivity index (χ3v) is 5.01. The molecule has 0 saturated heterocycles. The van der Waals surface area contributed by atoms with Crippen molar-refractivity contribution in [2.24, 2.45) is 0 Å². The molecule has 1 amide bonds. The Hall–Kier alpha value is -2.93. The number of rotatable bonds is 7. The molecular formula is C22H26N2O5. The Morgan fingerprint density at radius 2 is 2.03 bits per heavy atom. The van der Waals surface area contributed by atoms with Gasteiger partial charge >= 0.3 is 0 Å². The summed E-state index contributed by atoms with van der Waals surface area (Å²) in [5, 5.41) is 6.17. The van der Waals surface area contributed by atoms with Gasteiger partial charge in [-0.25, -0.2) is 0 Å². The molecule has 0 fully saturated rings. The third-order valence-electron chi connectivity index (χ3n) is 5.01. The summed E-state index contributed by atoms with van der Waals surface area (Å²) in [4.78, 5) is 12.6. The van der Waals surface area contributed by atoms with Gasteiger partial charge in [-0.15, -0.1) is 0 Å². The highest BCUT2D eigenvalue weighted by atomic mass is 16.7. The van der Waals surface area contributed by atoms with Crippen LogP contribution in [0.1, 0.15) is 31.9 Å². The molecule has 0 spiro atoms. The number of ether oxygens (including phenoxy) is 4. The van der Waals surface area contributed by atoms with Crippen LogP contribution in [0.2, 0.25) is 0 Å². The van der Waals surface area contributed by atoms with E-state index in [-0.39, 0.29) is 18.8 Å². The summed E-state index contributed by atoms with van der Waals surface area (Å²) >= 11 is 0. The maximum atomic E-state index is 12.6. The van der Waals surface area contributed by atoms with Crippen LogP contribution in [0.3, 0.4) is 0 Å². The molecule has 0 saturated carbocycles. The van der Waals surface area contributed by atoms with Gasteiger partial charge in [0.05, 0.1) is 12.6 Å². The molecule has 2 aromatic rings. The Morgan fingerprint density at radius 1 is 1.21 bits per heavy atom. The molecule has 0 aromatic heterocycles. The number of carbonyl (C=O) groups is 1. The van der Waals surface area contributed by atoms with Crippen molar-refractivity contribution in [3.63, 3.8) is 0 Å². The van der Waals surface area contributed by atoms with Crippen LogP contribution < -0.4 is 29.6 Å². The van der Waals surface area contributed by atoms with Crippen molar-refractivity contribution < 1.29 is 23.7 Å². The number of hydrogen-bond acceptors (Lipinski definition) is 6. The zero-order valence-electron chi connectivity index (χ0n) is 16.9. The first kappa shape index (κ1) is 19.4. The van der Waals surface area contributed by atoms with Gasteiger partial charge < -0.3 is 29.6 Å². The molecular weight excluding hydrogens is 372 g/mol. The van der Waals surface area contributed by atoms with Crippen molar-refractivity contribution in [1.82, 2.24) is 5.32 Å². The number of fused-ring (bicyclic) bond motifs is 2. The van der Waals surface area contributed by atoms with Crippen molar-refractivity contribution in [3.05, 3.63) is 41.5 Å². The fourth-order valence-electron chi connectivity index (χ4n) is 3.49. The summed E-state index contributed by atoms with van der Waals surface area (Å²) in [6.07, 6.45) is 1.06. The summed E-state index contributed by atoms with van der Waals surface area (Å²) in [5.74, 6) is 2.92. The lowest BCUT2D eigenvalue weighted by molar-refractivity contribution is -0.117. The van der Waals surface area contributed by atoms with E-state index in [0.717, 1.165) is 23.5 Å². The average molecular weight is 398 g/mol. The fraction of sp³-hybridized carbons (Fsp3) is 0.409. The molecule has 2 atom stereocenters. The fourth-order valence-corrected chi connectivity index (χ4v) is 3.49. The van der Waals surface area contributed by atoms with Crippen molar-refractivity contribution in [1.29, 1.82) is 0 Å². The Kier molecular flexibility index (Phi) is 5.49. The van der Waals surface area contributed by atoms with E-state index in [1.807, 2.05) is 19.9 Å². The predicted molar refractivity (Wildman–Crippen MR) is 109 cm³/mol. The van der Waals surface area contributed by atoms with Crippen molar-refractivity contribution in [3.8, 4) is 23.0 Å². The number of amides is 1. The smallest absolute Gasteiger partial charge is 0.241 e. The van der Waals surface area contributed by atoms with Gasteiger partial charge in [0.2, 0.25) is 12.7 Å². The van der Waals surface area contributed by atoms with Crippen molar-refractivity contribution in [2.75, 3.05) is 18.7 Å². The maximum Gasteiger partial charge on any atom is 0.241 e. The lowest BCUT2D eigenvalue weighted by Crippen LogP contribution is -2.37. The molecule has 2 aromatic carbocycles. The van der Waals surface area contributed by atoms with Gasteiger partial charge in [0.25, 0.3) is 0 Å². The molecule has 154 valence electrons. The minimum absolute atomic E-state index is 0.132. The zero-order chi connectivity index (χ0) is 20.4. The molecule has 7 heteroatoms. The van der Waals surface area contributed by atoms with E-state index in [9.17, 15) is 4.79 Å². The quantitative estimate of drug-likeness (QED) is 0.746. The van der Waals surface area contributed by atoms with Crippen LogP contribution in [0.25, 0.3) is 0 Å². The molecule has 0 bridgehead atoms. The van der Waals surface area contributed by atoms with Gasteiger partial charge in [0.1, 0.15) is 17.6 Å². The Labute approximate surface area is 170 Å². The molecule has 2 aliphatic heterocycles. The van der Waals surface area contributed by atoms with E-state index in [4.69, 9.17) is 18.9 Å². The highest BCUT2D eigenvalue weighted by Crippen LogP contribution is 2.36. The van der Waals surface area contributed by atoms with Gasteiger partial charge in [-0.2, -0.15) is 0 Å². The number of carbonyl (C=O) groups excluding carboxylic acids is 1. The van der Waals surface area contributed by atoms with Crippen LogP contribution >= 0.6 is 0 Å².